The normalized spacial score (nSPS) is 17.9. The molecule has 4 aromatic carbocycles. The summed E-state index contributed by atoms with van der Waals surface area (Å²) in [4.78, 5) is 83.9. The van der Waals surface area contributed by atoms with Gasteiger partial charge in [-0.25, -0.2) is 14.6 Å². The number of benzene rings is 4. The maximum absolute atomic E-state index is 13.9. The van der Waals surface area contributed by atoms with Gasteiger partial charge in [0.2, 0.25) is 11.8 Å². The number of nitrogens with one attached hydrogen (secondary N) is 2. The molecule has 1 aromatic heterocycles. The number of amides is 2. The van der Waals surface area contributed by atoms with Gasteiger partial charge in [0.05, 0.1) is 30.1 Å². The molecule has 5 aromatic rings. The monoisotopic (exact) mass is 852 g/mol. The fourth-order valence-electron chi connectivity index (χ4n) is 7.05. The molecule has 3 heterocycles. The lowest BCUT2D eigenvalue weighted by atomic mass is 9.85. The third-order valence-corrected chi connectivity index (χ3v) is 10.0. The number of aromatic nitrogens is 2. The first-order chi connectivity index (χ1) is 29.6. The third-order valence-electron chi connectivity index (χ3n) is 10.0. The molecule has 1 fully saturated rings. The van der Waals surface area contributed by atoms with Crippen LogP contribution in [0.2, 0.25) is 0 Å². The van der Waals surface area contributed by atoms with Gasteiger partial charge in [0.25, 0.3) is 11.8 Å². The molecule has 0 aliphatic carbocycles. The van der Waals surface area contributed by atoms with E-state index >= 15 is 0 Å². The standard InChI is InChI=1S/C42H38N6O7.C2HF3O2/c1-27-21-36(46-40(43)45-27)54-20-8-9-28-14-16-35-33(22-28)38(52)44-25-37(51)48(35)34-17-15-29(23-32(34)30-10-4-2-5-11-30)24-42(41(26-50,47-42)18-19-49)39(53)55-31-12-6-3-7-13-31;3-2(4,5)1(6)7/h2-7,10-17,19,21-23,26,47H,8-9,18,20,24-25H2,1H3,(H,44,52)(H2,43,45,46);(H,6,7)/t41?,42-;/m0./s1. The van der Waals surface area contributed by atoms with Gasteiger partial charge in [-0.05, 0) is 72.9 Å². The largest absolute Gasteiger partial charge is 0.490 e. The Labute approximate surface area is 352 Å². The van der Waals surface area contributed by atoms with Crippen LogP contribution < -0.4 is 30.7 Å². The van der Waals surface area contributed by atoms with E-state index in [1.54, 1.807) is 67.6 Å². The van der Waals surface area contributed by atoms with Gasteiger partial charge in [-0.1, -0.05) is 60.7 Å². The number of halogens is 3. The topological polar surface area (TPSA) is 230 Å². The van der Waals surface area contributed by atoms with Gasteiger partial charge in [-0.15, -0.1) is 0 Å². The molecular formula is C44H39F3N6O9. The minimum absolute atomic E-state index is 0.00717. The average Bonchev–Trinajstić information content (AvgIpc) is 3.92. The Hall–Kier alpha value is -7.47. The Kier molecular flexibility index (Phi) is 13.1. The van der Waals surface area contributed by atoms with E-state index in [1.807, 2.05) is 42.5 Å². The van der Waals surface area contributed by atoms with Crippen molar-refractivity contribution in [1.29, 1.82) is 0 Å². The second-order valence-electron chi connectivity index (χ2n) is 14.3. The predicted molar refractivity (Wildman–Crippen MR) is 218 cm³/mol. The van der Waals surface area contributed by atoms with Crippen molar-refractivity contribution in [1.82, 2.24) is 20.6 Å². The van der Waals surface area contributed by atoms with Gasteiger partial charge in [-0.2, -0.15) is 18.2 Å². The Morgan fingerprint density at radius 3 is 2.16 bits per heavy atom. The summed E-state index contributed by atoms with van der Waals surface area (Å²) in [5.74, 6) is -3.36. The molecule has 0 radical (unpaired) electrons. The lowest BCUT2D eigenvalue weighted by Gasteiger charge is -2.26. The van der Waals surface area contributed by atoms with E-state index in [0.717, 1.165) is 11.1 Å². The zero-order valence-corrected chi connectivity index (χ0v) is 33.0. The first-order valence-corrected chi connectivity index (χ1v) is 19.0. The van der Waals surface area contributed by atoms with Gasteiger partial charge in [-0.3, -0.25) is 19.8 Å². The number of nitrogen functional groups attached to an aromatic ring is 1. The number of ether oxygens (including phenoxy) is 2. The Morgan fingerprint density at radius 2 is 1.53 bits per heavy atom. The SMILES string of the molecule is Cc1cc(OCCCc2ccc3c(c2)C(=O)NCC(=O)N3c2ccc(C[C@@]3(C(=O)Oc4ccccc4)NC3(C=O)CC=O)cc2-c2ccccc2)nc(N)n1.O=C(O)C(F)(F)F. The molecule has 2 amide bonds. The van der Waals surface area contributed by atoms with E-state index in [9.17, 15) is 37.1 Å². The minimum Gasteiger partial charge on any atom is -0.478 e. The number of alkyl halides is 3. The van der Waals surface area contributed by atoms with Crippen molar-refractivity contribution in [2.24, 2.45) is 0 Å². The summed E-state index contributed by atoms with van der Waals surface area (Å²) in [7, 11) is 0. The second-order valence-corrected chi connectivity index (χ2v) is 14.3. The number of carbonyl (C=O) groups excluding carboxylic acids is 5. The first kappa shape index (κ1) is 44.1. The molecule has 0 saturated carbocycles. The molecule has 15 nitrogen and oxygen atoms in total. The number of nitrogens with zero attached hydrogens (tertiary/aromatic N) is 3. The Balaban J connectivity index is 0.000000845. The number of carboxylic acid groups (broad SMARTS) is 1. The number of rotatable bonds is 14. The molecule has 0 spiro atoms. The van der Waals surface area contributed by atoms with Crippen molar-refractivity contribution in [3.05, 3.63) is 126 Å². The van der Waals surface area contributed by atoms with Crippen LogP contribution in [0.1, 0.15) is 40.0 Å². The van der Waals surface area contributed by atoms with E-state index < -0.39 is 29.2 Å². The van der Waals surface area contributed by atoms with Crippen molar-refractivity contribution >= 4 is 53.6 Å². The summed E-state index contributed by atoms with van der Waals surface area (Å²) in [5.41, 5.74) is 7.65. The van der Waals surface area contributed by atoms with Crippen LogP contribution in [0.25, 0.3) is 11.1 Å². The minimum atomic E-state index is -5.08. The number of fused-ring (bicyclic) bond motifs is 1. The van der Waals surface area contributed by atoms with Crippen LogP contribution in [0.5, 0.6) is 11.6 Å². The maximum atomic E-state index is 13.9. The number of esters is 1. The number of hydrogen-bond donors (Lipinski definition) is 4. The summed E-state index contributed by atoms with van der Waals surface area (Å²) in [6.07, 6.45) is -2.89. The zero-order valence-electron chi connectivity index (χ0n) is 33.0. The molecule has 7 rings (SSSR count). The van der Waals surface area contributed by atoms with Gasteiger partial charge < -0.3 is 35.2 Å². The van der Waals surface area contributed by atoms with E-state index in [2.05, 4.69) is 20.6 Å². The summed E-state index contributed by atoms with van der Waals surface area (Å²) in [6.45, 7) is 1.93. The highest BCUT2D eigenvalue weighted by atomic mass is 19.4. The second kappa shape index (κ2) is 18.4. The Bertz CT molecular complexity index is 2490. The van der Waals surface area contributed by atoms with Crippen LogP contribution in [0.3, 0.4) is 0 Å². The van der Waals surface area contributed by atoms with Crippen molar-refractivity contribution in [3.8, 4) is 22.8 Å². The summed E-state index contributed by atoms with van der Waals surface area (Å²) in [6, 6.07) is 30.4. The number of carbonyl (C=O) groups is 6. The fraction of sp³-hybridized carbons (Fsp3) is 0.227. The van der Waals surface area contributed by atoms with E-state index in [4.69, 9.17) is 25.1 Å². The smallest absolute Gasteiger partial charge is 0.478 e. The zero-order chi connectivity index (χ0) is 44.7. The molecular weight excluding hydrogens is 814 g/mol. The van der Waals surface area contributed by atoms with E-state index in [-0.39, 0.29) is 37.1 Å². The molecule has 1 saturated heterocycles. The van der Waals surface area contributed by atoms with Crippen LogP contribution in [0.4, 0.5) is 30.5 Å². The van der Waals surface area contributed by atoms with Crippen molar-refractivity contribution < 1.29 is 56.5 Å². The summed E-state index contributed by atoms with van der Waals surface area (Å²) in [5, 5.41) is 12.9. The first-order valence-electron chi connectivity index (χ1n) is 19.0. The van der Waals surface area contributed by atoms with Gasteiger partial charge in [0.1, 0.15) is 29.4 Å². The third kappa shape index (κ3) is 9.76. The van der Waals surface area contributed by atoms with Crippen molar-refractivity contribution in [2.45, 2.75) is 49.9 Å². The number of nitrogens with two attached hydrogens (primary N) is 1. The number of anilines is 3. The molecule has 1 unspecified atom stereocenters. The summed E-state index contributed by atoms with van der Waals surface area (Å²) >= 11 is 0. The number of aryl methyl sites for hydroxylation is 2. The van der Waals surface area contributed by atoms with Crippen molar-refractivity contribution in [3.63, 3.8) is 0 Å². The van der Waals surface area contributed by atoms with Crippen LogP contribution in [0, 0.1) is 6.92 Å². The van der Waals surface area contributed by atoms with Gasteiger partial charge >= 0.3 is 18.1 Å². The van der Waals surface area contributed by atoms with Crippen LogP contribution >= 0.6 is 0 Å². The highest BCUT2D eigenvalue weighted by molar-refractivity contribution is 6.14. The van der Waals surface area contributed by atoms with Gasteiger partial charge in [0, 0.05) is 30.2 Å². The molecule has 2 aliphatic heterocycles. The molecule has 2 atom stereocenters. The molecule has 18 heteroatoms. The predicted octanol–water partition coefficient (Wildman–Crippen LogP) is 5.10. The molecule has 5 N–H and O–H groups in total. The number of aldehydes is 2. The van der Waals surface area contributed by atoms with Crippen LogP contribution in [0.15, 0.2) is 103 Å². The lowest BCUT2D eigenvalue weighted by Crippen LogP contribution is -2.41. The molecule has 0 bridgehead atoms. The van der Waals surface area contributed by atoms with E-state index in [0.29, 0.717) is 77.4 Å². The Morgan fingerprint density at radius 1 is 0.903 bits per heavy atom. The van der Waals surface area contributed by atoms with Crippen LogP contribution in [-0.2, 0) is 36.8 Å². The van der Waals surface area contributed by atoms with E-state index in [1.165, 1.54) is 4.90 Å². The molecule has 2 aliphatic rings. The van der Waals surface area contributed by atoms with Gasteiger partial charge in [0.15, 0.2) is 0 Å². The highest BCUT2D eigenvalue weighted by Gasteiger charge is 2.73. The summed E-state index contributed by atoms with van der Waals surface area (Å²) < 4.78 is 43.2. The lowest BCUT2D eigenvalue weighted by molar-refractivity contribution is -0.192. The highest BCUT2D eigenvalue weighted by Crippen LogP contribution is 2.45. The molecule has 62 heavy (non-hydrogen) atoms. The number of para-hydroxylation sites is 1. The molecule has 320 valence electrons. The fourth-order valence-corrected chi connectivity index (χ4v) is 7.05. The number of aliphatic carboxylic acids is 1. The maximum Gasteiger partial charge on any atom is 0.490 e. The van der Waals surface area contributed by atoms with Crippen LogP contribution in [-0.4, -0.2) is 81.8 Å². The quantitative estimate of drug-likeness (QED) is 0.0375. The van der Waals surface area contributed by atoms with Crippen molar-refractivity contribution in [2.75, 3.05) is 23.8 Å². The average molecular weight is 853 g/mol. The number of hydrogen-bond acceptors (Lipinski definition) is 12. The number of carboxylic acids is 1.